The predicted octanol–water partition coefficient (Wildman–Crippen LogP) is 1.37. The third-order valence-corrected chi connectivity index (χ3v) is 2.47. The Morgan fingerprint density at radius 2 is 2.28 bits per heavy atom. The van der Waals surface area contributed by atoms with E-state index in [0.29, 0.717) is 24.5 Å². The van der Waals surface area contributed by atoms with Crippen LogP contribution in [0.2, 0.25) is 0 Å². The number of hydrogen-bond donors (Lipinski definition) is 1. The first-order chi connectivity index (χ1) is 8.58. The zero-order chi connectivity index (χ0) is 13.5. The van der Waals surface area contributed by atoms with Crippen LogP contribution in [-0.4, -0.2) is 43.4 Å². The number of rotatable bonds is 7. The Labute approximate surface area is 105 Å². The van der Waals surface area contributed by atoms with Gasteiger partial charge in [-0.2, -0.15) is 0 Å². The quantitative estimate of drug-likeness (QED) is 0.585. The molecule has 0 saturated heterocycles. The number of nitrogens with one attached hydrogen (secondary N) is 1. The van der Waals surface area contributed by atoms with Gasteiger partial charge in [-0.3, -0.25) is 10.1 Å². The zero-order valence-electron chi connectivity index (χ0n) is 10.7. The maximum atomic E-state index is 10.8. The van der Waals surface area contributed by atoms with Gasteiger partial charge in [0, 0.05) is 32.5 Å². The molecule has 0 radical (unpaired) electrons. The lowest BCUT2D eigenvalue weighted by Crippen LogP contribution is -2.26. The molecule has 1 unspecified atom stereocenters. The molecule has 7 nitrogen and oxygen atoms in total. The van der Waals surface area contributed by atoms with Crippen molar-refractivity contribution in [3.63, 3.8) is 0 Å². The fourth-order valence-electron chi connectivity index (χ4n) is 1.42. The minimum atomic E-state index is -0.425. The van der Waals surface area contributed by atoms with E-state index in [1.807, 2.05) is 0 Å². The minimum absolute atomic E-state index is 0.0493. The SMILES string of the molecule is COCC(CNc1cc([N+](=O)[O-])c(C)cn1)OC. The molecule has 1 atom stereocenters. The molecule has 0 spiro atoms. The molecule has 0 bridgehead atoms. The van der Waals surface area contributed by atoms with Gasteiger partial charge >= 0.3 is 0 Å². The van der Waals surface area contributed by atoms with Gasteiger partial charge in [0.05, 0.1) is 23.7 Å². The molecule has 0 aliphatic carbocycles. The molecule has 1 heterocycles. The van der Waals surface area contributed by atoms with Crippen molar-refractivity contribution in [2.24, 2.45) is 0 Å². The highest BCUT2D eigenvalue weighted by atomic mass is 16.6. The number of hydrogen-bond acceptors (Lipinski definition) is 6. The first kappa shape index (κ1) is 14.3. The third-order valence-electron chi connectivity index (χ3n) is 2.47. The summed E-state index contributed by atoms with van der Waals surface area (Å²) in [5, 5.41) is 13.8. The normalized spacial score (nSPS) is 12.2. The van der Waals surface area contributed by atoms with Crippen molar-refractivity contribution in [2.75, 3.05) is 32.7 Å². The first-order valence-electron chi connectivity index (χ1n) is 5.45. The van der Waals surface area contributed by atoms with Crippen LogP contribution in [0.3, 0.4) is 0 Å². The van der Waals surface area contributed by atoms with Crippen molar-refractivity contribution in [3.05, 3.63) is 27.9 Å². The molecule has 7 heteroatoms. The molecular weight excluding hydrogens is 238 g/mol. The second-order valence-electron chi connectivity index (χ2n) is 3.81. The van der Waals surface area contributed by atoms with Crippen LogP contribution >= 0.6 is 0 Å². The largest absolute Gasteiger partial charge is 0.382 e. The van der Waals surface area contributed by atoms with Gasteiger partial charge in [-0.05, 0) is 6.92 Å². The van der Waals surface area contributed by atoms with Crippen molar-refractivity contribution in [2.45, 2.75) is 13.0 Å². The number of ether oxygens (including phenoxy) is 2. The van der Waals surface area contributed by atoms with E-state index in [-0.39, 0.29) is 11.8 Å². The lowest BCUT2D eigenvalue weighted by molar-refractivity contribution is -0.385. The molecule has 0 fully saturated rings. The number of methoxy groups -OCH3 is 2. The van der Waals surface area contributed by atoms with Crippen molar-refractivity contribution >= 4 is 11.5 Å². The Bertz CT molecular complexity index is 411. The van der Waals surface area contributed by atoms with Crippen LogP contribution in [0, 0.1) is 17.0 Å². The number of aromatic nitrogens is 1. The monoisotopic (exact) mass is 255 g/mol. The van der Waals surface area contributed by atoms with Crippen LogP contribution in [0.1, 0.15) is 5.56 Å². The van der Waals surface area contributed by atoms with E-state index in [9.17, 15) is 10.1 Å². The van der Waals surface area contributed by atoms with E-state index < -0.39 is 4.92 Å². The Kier molecular flexibility index (Phi) is 5.47. The number of aryl methyl sites for hydroxylation is 1. The molecule has 1 N–H and O–H groups in total. The van der Waals surface area contributed by atoms with Crippen LogP contribution in [0.5, 0.6) is 0 Å². The molecule has 18 heavy (non-hydrogen) atoms. The molecule has 0 aromatic carbocycles. The fourth-order valence-corrected chi connectivity index (χ4v) is 1.42. The van der Waals surface area contributed by atoms with Gasteiger partial charge in [0.25, 0.3) is 5.69 Å². The maximum Gasteiger partial charge on any atom is 0.277 e. The van der Waals surface area contributed by atoms with E-state index in [0.717, 1.165) is 0 Å². The van der Waals surface area contributed by atoms with Gasteiger partial charge in [-0.1, -0.05) is 0 Å². The zero-order valence-corrected chi connectivity index (χ0v) is 10.7. The number of anilines is 1. The molecule has 0 aliphatic rings. The number of pyridine rings is 1. The smallest absolute Gasteiger partial charge is 0.277 e. The van der Waals surface area contributed by atoms with Crippen LogP contribution in [0.4, 0.5) is 11.5 Å². The maximum absolute atomic E-state index is 10.8. The fraction of sp³-hybridized carbons (Fsp3) is 0.545. The summed E-state index contributed by atoms with van der Waals surface area (Å²) in [5.74, 6) is 0.449. The van der Waals surface area contributed by atoms with Crippen molar-refractivity contribution in [1.29, 1.82) is 0 Å². The van der Waals surface area contributed by atoms with Gasteiger partial charge < -0.3 is 14.8 Å². The first-order valence-corrected chi connectivity index (χ1v) is 5.45. The van der Waals surface area contributed by atoms with E-state index in [4.69, 9.17) is 9.47 Å². The molecule has 0 amide bonds. The Hall–Kier alpha value is -1.73. The summed E-state index contributed by atoms with van der Waals surface area (Å²) in [6, 6.07) is 1.41. The van der Waals surface area contributed by atoms with E-state index in [1.165, 1.54) is 12.3 Å². The molecular formula is C11H17N3O4. The molecule has 1 aromatic rings. The summed E-state index contributed by atoms with van der Waals surface area (Å²) in [7, 11) is 3.16. The van der Waals surface area contributed by atoms with Gasteiger partial charge in [-0.15, -0.1) is 0 Å². The summed E-state index contributed by atoms with van der Waals surface area (Å²) < 4.78 is 10.1. The highest BCUT2D eigenvalue weighted by Crippen LogP contribution is 2.19. The highest BCUT2D eigenvalue weighted by molar-refractivity contribution is 5.48. The van der Waals surface area contributed by atoms with Crippen molar-refractivity contribution in [1.82, 2.24) is 4.98 Å². The predicted molar refractivity (Wildman–Crippen MR) is 66.8 cm³/mol. The van der Waals surface area contributed by atoms with E-state index in [1.54, 1.807) is 21.1 Å². The lowest BCUT2D eigenvalue weighted by atomic mass is 10.2. The van der Waals surface area contributed by atoms with Gasteiger partial charge in [0.2, 0.25) is 0 Å². The Morgan fingerprint density at radius 3 is 2.83 bits per heavy atom. The highest BCUT2D eigenvalue weighted by Gasteiger charge is 2.13. The standard InChI is InChI=1S/C11H17N3O4/c1-8-5-12-11(4-10(8)14(15)16)13-6-9(18-3)7-17-2/h4-5,9H,6-7H2,1-3H3,(H,12,13). The second-order valence-corrected chi connectivity index (χ2v) is 3.81. The molecule has 0 saturated carbocycles. The summed E-state index contributed by atoms with van der Waals surface area (Å²) in [5.41, 5.74) is 0.582. The van der Waals surface area contributed by atoms with Gasteiger partial charge in [0.15, 0.2) is 0 Å². The Balaban J connectivity index is 2.67. The van der Waals surface area contributed by atoms with Crippen molar-refractivity contribution < 1.29 is 14.4 Å². The van der Waals surface area contributed by atoms with E-state index in [2.05, 4.69) is 10.3 Å². The lowest BCUT2D eigenvalue weighted by Gasteiger charge is -2.15. The summed E-state index contributed by atoms with van der Waals surface area (Å²) in [6.07, 6.45) is 1.34. The van der Waals surface area contributed by atoms with Crippen LogP contribution in [0.15, 0.2) is 12.3 Å². The molecule has 1 aromatic heterocycles. The summed E-state index contributed by atoms with van der Waals surface area (Å²) in [4.78, 5) is 14.4. The number of nitro groups is 1. The minimum Gasteiger partial charge on any atom is -0.382 e. The average molecular weight is 255 g/mol. The van der Waals surface area contributed by atoms with Crippen LogP contribution in [-0.2, 0) is 9.47 Å². The Morgan fingerprint density at radius 1 is 1.56 bits per heavy atom. The second kappa shape index (κ2) is 6.87. The topological polar surface area (TPSA) is 86.5 Å². The van der Waals surface area contributed by atoms with Crippen LogP contribution < -0.4 is 5.32 Å². The van der Waals surface area contributed by atoms with Gasteiger partial charge in [-0.25, -0.2) is 4.98 Å². The van der Waals surface area contributed by atoms with E-state index >= 15 is 0 Å². The van der Waals surface area contributed by atoms with Gasteiger partial charge in [0.1, 0.15) is 5.82 Å². The van der Waals surface area contributed by atoms with Crippen LogP contribution in [0.25, 0.3) is 0 Å². The molecule has 1 rings (SSSR count). The number of nitrogens with zero attached hydrogens (tertiary/aromatic N) is 2. The summed E-state index contributed by atoms with van der Waals surface area (Å²) in [6.45, 7) is 2.56. The molecule has 0 aliphatic heterocycles. The molecule has 100 valence electrons. The average Bonchev–Trinajstić information content (AvgIpc) is 2.35. The summed E-state index contributed by atoms with van der Waals surface area (Å²) >= 11 is 0. The van der Waals surface area contributed by atoms with Crippen molar-refractivity contribution in [3.8, 4) is 0 Å². The third kappa shape index (κ3) is 3.94.